The molecule has 100 valence electrons. The SMILES string of the molecule is Nc1ccc(NCC2CCCO2)cc1C(F)(F)F. The first-order valence-electron chi connectivity index (χ1n) is 5.79. The molecule has 0 aliphatic carbocycles. The third-order valence-electron chi connectivity index (χ3n) is 2.92. The summed E-state index contributed by atoms with van der Waals surface area (Å²) in [6.07, 6.45) is -2.40. The van der Waals surface area contributed by atoms with Crippen molar-refractivity contribution in [3.05, 3.63) is 23.8 Å². The van der Waals surface area contributed by atoms with Gasteiger partial charge in [0.1, 0.15) is 0 Å². The Balaban J connectivity index is 2.04. The first kappa shape index (κ1) is 13.0. The van der Waals surface area contributed by atoms with Gasteiger partial charge in [0, 0.05) is 24.5 Å². The maximum absolute atomic E-state index is 12.6. The van der Waals surface area contributed by atoms with Crippen LogP contribution in [0.15, 0.2) is 18.2 Å². The Morgan fingerprint density at radius 1 is 1.39 bits per heavy atom. The lowest BCUT2D eigenvalue weighted by Gasteiger charge is -2.15. The number of nitrogens with two attached hydrogens (primary N) is 1. The van der Waals surface area contributed by atoms with E-state index in [1.165, 1.54) is 6.07 Å². The standard InChI is InChI=1S/C12H15F3N2O/c13-12(14,15)10-6-8(3-4-11(10)16)17-7-9-2-1-5-18-9/h3-4,6,9,17H,1-2,5,7,16H2. The molecule has 0 spiro atoms. The summed E-state index contributed by atoms with van der Waals surface area (Å²) in [7, 11) is 0. The molecule has 0 amide bonds. The predicted octanol–water partition coefficient (Wildman–Crippen LogP) is 2.88. The van der Waals surface area contributed by atoms with E-state index in [-0.39, 0.29) is 11.8 Å². The summed E-state index contributed by atoms with van der Waals surface area (Å²) >= 11 is 0. The summed E-state index contributed by atoms with van der Waals surface area (Å²) in [4.78, 5) is 0. The molecule has 1 aromatic carbocycles. The zero-order valence-electron chi connectivity index (χ0n) is 9.76. The normalized spacial score (nSPS) is 20.1. The Hall–Kier alpha value is -1.43. The van der Waals surface area contributed by atoms with E-state index in [1.807, 2.05) is 0 Å². The van der Waals surface area contributed by atoms with E-state index >= 15 is 0 Å². The number of alkyl halides is 3. The molecule has 18 heavy (non-hydrogen) atoms. The van der Waals surface area contributed by atoms with Crippen molar-refractivity contribution in [2.75, 3.05) is 24.2 Å². The number of rotatable bonds is 3. The molecule has 1 saturated heterocycles. The van der Waals surface area contributed by atoms with Crippen molar-refractivity contribution in [1.29, 1.82) is 0 Å². The highest BCUT2D eigenvalue weighted by Gasteiger charge is 2.33. The van der Waals surface area contributed by atoms with E-state index in [1.54, 1.807) is 6.07 Å². The zero-order chi connectivity index (χ0) is 13.2. The first-order valence-corrected chi connectivity index (χ1v) is 5.79. The fourth-order valence-electron chi connectivity index (χ4n) is 1.95. The Labute approximate surface area is 103 Å². The third-order valence-corrected chi connectivity index (χ3v) is 2.92. The lowest BCUT2D eigenvalue weighted by atomic mass is 10.1. The molecular weight excluding hydrogens is 245 g/mol. The van der Waals surface area contributed by atoms with Gasteiger partial charge in [-0.15, -0.1) is 0 Å². The van der Waals surface area contributed by atoms with Crippen LogP contribution in [-0.2, 0) is 10.9 Å². The minimum atomic E-state index is -4.42. The number of hydrogen-bond acceptors (Lipinski definition) is 3. The molecule has 1 aliphatic rings. The molecule has 0 aromatic heterocycles. The average Bonchev–Trinajstić information content (AvgIpc) is 2.79. The smallest absolute Gasteiger partial charge is 0.398 e. The van der Waals surface area contributed by atoms with Gasteiger partial charge in [0.15, 0.2) is 0 Å². The van der Waals surface area contributed by atoms with Crippen LogP contribution in [0.1, 0.15) is 18.4 Å². The van der Waals surface area contributed by atoms with Crippen LogP contribution in [0, 0.1) is 0 Å². The van der Waals surface area contributed by atoms with E-state index in [2.05, 4.69) is 5.32 Å². The van der Waals surface area contributed by atoms with E-state index < -0.39 is 11.7 Å². The predicted molar refractivity (Wildman–Crippen MR) is 63.3 cm³/mol. The maximum atomic E-state index is 12.6. The molecule has 1 fully saturated rings. The van der Waals surface area contributed by atoms with Crippen LogP contribution in [0.25, 0.3) is 0 Å². The number of ether oxygens (including phenoxy) is 1. The van der Waals surface area contributed by atoms with Gasteiger partial charge < -0.3 is 15.8 Å². The van der Waals surface area contributed by atoms with Crippen LogP contribution < -0.4 is 11.1 Å². The van der Waals surface area contributed by atoms with Gasteiger partial charge in [0.05, 0.1) is 11.7 Å². The van der Waals surface area contributed by atoms with Crippen molar-refractivity contribution in [1.82, 2.24) is 0 Å². The molecule has 0 bridgehead atoms. The van der Waals surface area contributed by atoms with Crippen molar-refractivity contribution < 1.29 is 17.9 Å². The number of benzene rings is 1. The topological polar surface area (TPSA) is 47.3 Å². The minimum absolute atomic E-state index is 0.0805. The van der Waals surface area contributed by atoms with Crippen molar-refractivity contribution >= 4 is 11.4 Å². The minimum Gasteiger partial charge on any atom is -0.398 e. The fourth-order valence-corrected chi connectivity index (χ4v) is 1.95. The van der Waals surface area contributed by atoms with Crippen LogP contribution in [0.4, 0.5) is 24.5 Å². The average molecular weight is 260 g/mol. The summed E-state index contributed by atoms with van der Waals surface area (Å²) < 4.78 is 43.3. The van der Waals surface area contributed by atoms with Crippen LogP contribution >= 0.6 is 0 Å². The first-order chi connectivity index (χ1) is 8.47. The van der Waals surface area contributed by atoms with Gasteiger partial charge in [-0.2, -0.15) is 13.2 Å². The third kappa shape index (κ3) is 3.07. The van der Waals surface area contributed by atoms with Crippen molar-refractivity contribution in [2.45, 2.75) is 25.1 Å². The number of nitrogens with one attached hydrogen (secondary N) is 1. The summed E-state index contributed by atoms with van der Waals surface area (Å²) in [6.45, 7) is 1.24. The Morgan fingerprint density at radius 3 is 2.78 bits per heavy atom. The molecule has 1 aromatic rings. The highest BCUT2D eigenvalue weighted by molar-refractivity contribution is 5.58. The molecule has 1 atom stereocenters. The zero-order valence-corrected chi connectivity index (χ0v) is 9.76. The van der Waals surface area contributed by atoms with E-state index in [4.69, 9.17) is 10.5 Å². The molecule has 1 heterocycles. The van der Waals surface area contributed by atoms with E-state index in [0.717, 1.165) is 25.5 Å². The number of hydrogen-bond donors (Lipinski definition) is 2. The van der Waals surface area contributed by atoms with E-state index in [0.29, 0.717) is 12.2 Å². The molecule has 0 radical (unpaired) electrons. The van der Waals surface area contributed by atoms with Crippen LogP contribution in [-0.4, -0.2) is 19.3 Å². The van der Waals surface area contributed by atoms with E-state index in [9.17, 15) is 13.2 Å². The number of anilines is 2. The summed E-state index contributed by atoms with van der Waals surface area (Å²) in [5.41, 5.74) is 4.67. The molecule has 1 aliphatic heterocycles. The van der Waals surface area contributed by atoms with Crippen molar-refractivity contribution in [3.63, 3.8) is 0 Å². The molecule has 2 rings (SSSR count). The van der Waals surface area contributed by atoms with Gasteiger partial charge in [0.2, 0.25) is 0 Å². The second-order valence-corrected chi connectivity index (χ2v) is 4.32. The van der Waals surface area contributed by atoms with Gasteiger partial charge in [-0.3, -0.25) is 0 Å². The van der Waals surface area contributed by atoms with Crippen LogP contribution in [0.3, 0.4) is 0 Å². The van der Waals surface area contributed by atoms with Crippen LogP contribution in [0.2, 0.25) is 0 Å². The molecular formula is C12H15F3N2O. The highest BCUT2D eigenvalue weighted by Crippen LogP contribution is 2.35. The molecule has 3 N–H and O–H groups in total. The fraction of sp³-hybridized carbons (Fsp3) is 0.500. The van der Waals surface area contributed by atoms with Gasteiger partial charge in [-0.25, -0.2) is 0 Å². The maximum Gasteiger partial charge on any atom is 0.418 e. The highest BCUT2D eigenvalue weighted by atomic mass is 19.4. The molecule has 0 saturated carbocycles. The summed E-state index contributed by atoms with van der Waals surface area (Å²) in [5.74, 6) is 0. The van der Waals surface area contributed by atoms with Crippen LogP contribution in [0.5, 0.6) is 0 Å². The molecule has 6 heteroatoms. The lowest BCUT2D eigenvalue weighted by Crippen LogP contribution is -2.19. The quantitative estimate of drug-likeness (QED) is 0.821. The largest absolute Gasteiger partial charge is 0.418 e. The second-order valence-electron chi connectivity index (χ2n) is 4.32. The Bertz CT molecular complexity index is 414. The van der Waals surface area contributed by atoms with Gasteiger partial charge in [-0.05, 0) is 31.0 Å². The Kier molecular flexibility index (Phi) is 3.65. The second kappa shape index (κ2) is 5.06. The molecule has 1 unspecified atom stereocenters. The monoisotopic (exact) mass is 260 g/mol. The number of halogens is 3. The summed E-state index contributed by atoms with van der Waals surface area (Å²) in [5, 5.41) is 2.95. The van der Waals surface area contributed by atoms with Crippen molar-refractivity contribution in [3.8, 4) is 0 Å². The molecule has 3 nitrogen and oxygen atoms in total. The Morgan fingerprint density at radius 2 is 2.17 bits per heavy atom. The van der Waals surface area contributed by atoms with Gasteiger partial charge in [-0.1, -0.05) is 0 Å². The summed E-state index contributed by atoms with van der Waals surface area (Å²) in [6, 6.07) is 3.84. The van der Waals surface area contributed by atoms with Crippen molar-refractivity contribution in [2.24, 2.45) is 0 Å². The van der Waals surface area contributed by atoms with Gasteiger partial charge >= 0.3 is 6.18 Å². The number of nitrogen functional groups attached to an aromatic ring is 1. The lowest BCUT2D eigenvalue weighted by molar-refractivity contribution is -0.136. The van der Waals surface area contributed by atoms with Gasteiger partial charge in [0.25, 0.3) is 0 Å².